The molecule has 0 spiro atoms. The van der Waals surface area contributed by atoms with Crippen molar-refractivity contribution in [3.63, 3.8) is 0 Å². The van der Waals surface area contributed by atoms with Gasteiger partial charge in [-0.15, -0.1) is 8.78 Å². The molecule has 0 radical (unpaired) electrons. The summed E-state index contributed by atoms with van der Waals surface area (Å²) in [6.45, 7) is 3.73. The molecule has 6 nitrogen and oxygen atoms in total. The summed E-state index contributed by atoms with van der Waals surface area (Å²) in [5.41, 5.74) is 2.71. The average Bonchev–Trinajstić information content (AvgIpc) is 2.95. The van der Waals surface area contributed by atoms with E-state index in [1.54, 1.807) is 0 Å². The van der Waals surface area contributed by atoms with Crippen molar-refractivity contribution in [2.24, 2.45) is 0 Å². The van der Waals surface area contributed by atoms with Gasteiger partial charge in [0, 0.05) is 22.5 Å². The number of alkyl halides is 2. The van der Waals surface area contributed by atoms with E-state index in [2.05, 4.69) is 30.1 Å². The van der Waals surface area contributed by atoms with Crippen LogP contribution in [0.2, 0.25) is 5.02 Å². The first kappa shape index (κ1) is 19.1. The van der Waals surface area contributed by atoms with Crippen LogP contribution >= 0.6 is 11.6 Å². The van der Waals surface area contributed by atoms with E-state index in [0.717, 1.165) is 17.3 Å². The number of hydrogen-bond acceptors (Lipinski definition) is 6. The molecule has 4 rings (SSSR count). The van der Waals surface area contributed by atoms with E-state index in [0.29, 0.717) is 10.7 Å². The Morgan fingerprint density at radius 1 is 0.966 bits per heavy atom. The largest absolute Gasteiger partial charge is 0.586 e. The molecule has 2 heterocycles. The van der Waals surface area contributed by atoms with Crippen LogP contribution in [0.15, 0.2) is 36.5 Å². The second-order valence-corrected chi connectivity index (χ2v) is 6.77. The number of hydrogen-bond donors (Lipinski definition) is 2. The Labute approximate surface area is 168 Å². The standard InChI is InChI=1S/C19H14ClF3N4O2/c1-9-5-12(6-10(2)16(9)20)26-18-24-8-13(21)17(27-18)25-11-3-4-14-15(7-11)29-19(22,23)28-14/h3-8H,1-2H3,(H2,24,25,26,27). The van der Waals surface area contributed by atoms with Crippen molar-refractivity contribution in [3.8, 4) is 11.5 Å². The van der Waals surface area contributed by atoms with Crippen molar-refractivity contribution < 1.29 is 22.6 Å². The smallest absolute Gasteiger partial charge is 0.395 e. The van der Waals surface area contributed by atoms with E-state index in [-0.39, 0.29) is 29.0 Å². The lowest BCUT2D eigenvalue weighted by Gasteiger charge is -2.11. The predicted octanol–water partition coefficient (Wildman–Crippen LogP) is 5.69. The predicted molar refractivity (Wildman–Crippen MR) is 102 cm³/mol. The minimum absolute atomic E-state index is 0.112. The lowest BCUT2D eigenvalue weighted by atomic mass is 10.1. The molecule has 0 saturated heterocycles. The molecular weight excluding hydrogens is 409 g/mol. The lowest BCUT2D eigenvalue weighted by Crippen LogP contribution is -2.25. The molecule has 0 unspecified atom stereocenters. The first-order valence-electron chi connectivity index (χ1n) is 8.43. The van der Waals surface area contributed by atoms with Gasteiger partial charge in [-0.05, 0) is 49.2 Å². The molecule has 2 N–H and O–H groups in total. The first-order valence-corrected chi connectivity index (χ1v) is 8.81. The third kappa shape index (κ3) is 4.00. The Bertz CT molecular complexity index is 1090. The molecule has 1 aliphatic heterocycles. The van der Waals surface area contributed by atoms with E-state index in [4.69, 9.17) is 11.6 Å². The van der Waals surface area contributed by atoms with E-state index in [1.165, 1.54) is 18.2 Å². The fourth-order valence-electron chi connectivity index (χ4n) is 2.83. The summed E-state index contributed by atoms with van der Waals surface area (Å²) in [6, 6.07) is 7.61. The van der Waals surface area contributed by atoms with Crippen LogP contribution in [0.3, 0.4) is 0 Å². The zero-order valence-electron chi connectivity index (χ0n) is 15.2. The molecule has 1 aromatic heterocycles. The Morgan fingerprint density at radius 2 is 1.66 bits per heavy atom. The quantitative estimate of drug-likeness (QED) is 0.562. The van der Waals surface area contributed by atoms with Gasteiger partial charge < -0.3 is 20.1 Å². The molecule has 29 heavy (non-hydrogen) atoms. The van der Waals surface area contributed by atoms with Crippen LogP contribution < -0.4 is 20.1 Å². The molecule has 0 atom stereocenters. The normalized spacial score (nSPS) is 14.0. The monoisotopic (exact) mass is 422 g/mol. The fraction of sp³-hybridized carbons (Fsp3) is 0.158. The highest BCUT2D eigenvalue weighted by molar-refractivity contribution is 6.32. The number of rotatable bonds is 4. The minimum Gasteiger partial charge on any atom is -0.395 e. The van der Waals surface area contributed by atoms with E-state index >= 15 is 0 Å². The van der Waals surface area contributed by atoms with Gasteiger partial charge in [-0.1, -0.05) is 11.6 Å². The van der Waals surface area contributed by atoms with Crippen LogP contribution in [-0.2, 0) is 0 Å². The fourth-order valence-corrected chi connectivity index (χ4v) is 2.93. The molecule has 150 valence electrons. The maximum absolute atomic E-state index is 14.2. The highest BCUT2D eigenvalue weighted by Crippen LogP contribution is 2.42. The van der Waals surface area contributed by atoms with Gasteiger partial charge in [-0.25, -0.2) is 9.37 Å². The number of halogens is 4. The Morgan fingerprint density at radius 3 is 2.38 bits per heavy atom. The zero-order valence-corrected chi connectivity index (χ0v) is 15.9. The van der Waals surface area contributed by atoms with E-state index < -0.39 is 12.1 Å². The van der Waals surface area contributed by atoms with Gasteiger partial charge in [0.15, 0.2) is 23.1 Å². The molecule has 0 saturated carbocycles. The number of nitrogens with one attached hydrogen (secondary N) is 2. The summed E-state index contributed by atoms with van der Waals surface area (Å²) < 4.78 is 49.2. The van der Waals surface area contributed by atoms with E-state index in [9.17, 15) is 13.2 Å². The van der Waals surface area contributed by atoms with Gasteiger partial charge in [0.2, 0.25) is 5.95 Å². The number of aryl methyl sites for hydroxylation is 2. The number of anilines is 4. The summed E-state index contributed by atoms with van der Waals surface area (Å²) in [6.07, 6.45) is -2.73. The highest BCUT2D eigenvalue weighted by Gasteiger charge is 2.43. The van der Waals surface area contributed by atoms with Crippen LogP contribution in [0.5, 0.6) is 11.5 Å². The number of aromatic nitrogens is 2. The SMILES string of the molecule is Cc1cc(Nc2ncc(F)c(Nc3ccc4c(c3)OC(F)(F)O4)n2)cc(C)c1Cl. The van der Waals surface area contributed by atoms with Crippen LogP contribution in [-0.4, -0.2) is 16.3 Å². The molecule has 1 aliphatic rings. The maximum Gasteiger partial charge on any atom is 0.586 e. The minimum atomic E-state index is -3.73. The Hall–Kier alpha value is -3.20. The van der Waals surface area contributed by atoms with Crippen molar-refractivity contribution in [2.75, 3.05) is 10.6 Å². The van der Waals surface area contributed by atoms with Crippen molar-refractivity contribution in [3.05, 3.63) is 58.5 Å². The number of fused-ring (bicyclic) bond motifs is 1. The molecule has 10 heteroatoms. The van der Waals surface area contributed by atoms with Crippen LogP contribution in [0.25, 0.3) is 0 Å². The second kappa shape index (κ2) is 7.00. The Kier molecular flexibility index (Phi) is 4.62. The molecule has 2 aromatic carbocycles. The molecule has 0 amide bonds. The maximum atomic E-state index is 14.2. The molecule has 3 aromatic rings. The van der Waals surface area contributed by atoms with Gasteiger partial charge in [0.05, 0.1) is 6.20 Å². The molecule has 0 aliphatic carbocycles. The van der Waals surface area contributed by atoms with Crippen LogP contribution in [0.4, 0.5) is 36.3 Å². The second-order valence-electron chi connectivity index (χ2n) is 6.39. The van der Waals surface area contributed by atoms with Crippen LogP contribution in [0.1, 0.15) is 11.1 Å². The van der Waals surface area contributed by atoms with Gasteiger partial charge in [-0.2, -0.15) is 4.98 Å². The molecule has 0 bridgehead atoms. The number of nitrogens with zero attached hydrogens (tertiary/aromatic N) is 2. The zero-order chi connectivity index (χ0) is 20.8. The molecule has 0 fully saturated rings. The topological polar surface area (TPSA) is 68.3 Å². The van der Waals surface area contributed by atoms with Crippen molar-refractivity contribution in [2.45, 2.75) is 20.1 Å². The van der Waals surface area contributed by atoms with E-state index in [1.807, 2.05) is 26.0 Å². The van der Waals surface area contributed by atoms with Gasteiger partial charge >= 0.3 is 6.29 Å². The average molecular weight is 423 g/mol. The van der Waals surface area contributed by atoms with Gasteiger partial charge in [0.1, 0.15) is 0 Å². The van der Waals surface area contributed by atoms with Crippen molar-refractivity contribution in [1.29, 1.82) is 0 Å². The number of ether oxygens (including phenoxy) is 2. The summed E-state index contributed by atoms with van der Waals surface area (Å²) in [5.74, 6) is -1.00. The first-order chi connectivity index (χ1) is 13.7. The summed E-state index contributed by atoms with van der Waals surface area (Å²) in [7, 11) is 0. The third-order valence-corrected chi connectivity index (χ3v) is 4.70. The number of benzene rings is 2. The van der Waals surface area contributed by atoms with Gasteiger partial charge in [0.25, 0.3) is 0 Å². The van der Waals surface area contributed by atoms with Crippen molar-refractivity contribution in [1.82, 2.24) is 9.97 Å². The lowest BCUT2D eigenvalue weighted by molar-refractivity contribution is -0.286. The summed E-state index contributed by atoms with van der Waals surface area (Å²) in [4.78, 5) is 8.03. The summed E-state index contributed by atoms with van der Waals surface area (Å²) >= 11 is 6.16. The van der Waals surface area contributed by atoms with Crippen molar-refractivity contribution >= 4 is 34.7 Å². The summed E-state index contributed by atoms with van der Waals surface area (Å²) in [5, 5.41) is 6.37. The molecular formula is C19H14ClF3N4O2. The third-order valence-electron chi connectivity index (χ3n) is 4.10. The Balaban J connectivity index is 1.57. The van der Waals surface area contributed by atoms with Gasteiger partial charge in [-0.3, -0.25) is 0 Å². The van der Waals surface area contributed by atoms with Crippen LogP contribution in [0, 0.1) is 19.7 Å². The highest BCUT2D eigenvalue weighted by atomic mass is 35.5.